The molecule has 0 aliphatic carbocycles. The van der Waals surface area contributed by atoms with Crippen molar-refractivity contribution in [1.82, 2.24) is 20.1 Å². The van der Waals surface area contributed by atoms with Crippen molar-refractivity contribution in [2.75, 3.05) is 19.8 Å². The Morgan fingerprint density at radius 2 is 1.59 bits per heavy atom. The summed E-state index contributed by atoms with van der Waals surface area (Å²) in [5, 5.41) is 12.4. The number of alkyl halides is 3. The minimum absolute atomic E-state index is 0.0443. The Hall–Kier alpha value is -3.61. The molecule has 3 aromatic carbocycles. The summed E-state index contributed by atoms with van der Waals surface area (Å²) >= 11 is 13.6. The highest BCUT2D eigenvalue weighted by Gasteiger charge is 2.30. The van der Waals surface area contributed by atoms with Crippen molar-refractivity contribution in [3.63, 3.8) is 0 Å². The maximum absolute atomic E-state index is 13.3. The van der Waals surface area contributed by atoms with Crippen LogP contribution in [0.2, 0.25) is 10.0 Å². The molecular weight excluding hydrogens is 640 g/mol. The molecule has 0 saturated heterocycles. The van der Waals surface area contributed by atoms with Crippen molar-refractivity contribution < 1.29 is 32.2 Å². The van der Waals surface area contributed by atoms with Crippen LogP contribution in [0.4, 0.5) is 13.2 Å². The molecule has 0 spiro atoms. The highest BCUT2D eigenvalue weighted by Crippen LogP contribution is 2.39. The number of hydrogen-bond acceptors (Lipinski definition) is 7. The number of aromatic nitrogens is 3. The van der Waals surface area contributed by atoms with E-state index in [0.29, 0.717) is 64.3 Å². The van der Waals surface area contributed by atoms with E-state index in [9.17, 15) is 18.0 Å². The van der Waals surface area contributed by atoms with Crippen LogP contribution in [0.3, 0.4) is 0 Å². The Labute approximate surface area is 266 Å². The van der Waals surface area contributed by atoms with Crippen LogP contribution in [-0.2, 0) is 18.5 Å². The van der Waals surface area contributed by atoms with Crippen LogP contribution >= 0.6 is 35.0 Å². The van der Waals surface area contributed by atoms with Crippen molar-refractivity contribution in [2.24, 2.45) is 0 Å². The largest absolute Gasteiger partial charge is 0.490 e. The lowest BCUT2D eigenvalue weighted by atomic mass is 10.1. The molecule has 0 fully saturated rings. The first-order valence-electron chi connectivity index (χ1n) is 13.6. The van der Waals surface area contributed by atoms with Crippen LogP contribution in [0.1, 0.15) is 48.1 Å². The molecule has 0 bridgehead atoms. The molecule has 4 aromatic rings. The minimum Gasteiger partial charge on any atom is -0.490 e. The highest BCUT2D eigenvalue weighted by atomic mass is 35.5. The topological polar surface area (TPSA) is 87.5 Å². The lowest BCUT2D eigenvalue weighted by Crippen LogP contribution is -2.25. The molecule has 0 aliphatic rings. The number of hydrogen-bond donors (Lipinski definition) is 1. The third-order valence-corrected chi connectivity index (χ3v) is 7.80. The summed E-state index contributed by atoms with van der Waals surface area (Å²) < 4.78 is 58.5. The van der Waals surface area contributed by atoms with E-state index < -0.39 is 17.6 Å². The number of ether oxygens (including phenoxy) is 3. The molecule has 1 aromatic heterocycles. The molecule has 234 valence electrons. The van der Waals surface area contributed by atoms with E-state index in [0.717, 1.165) is 12.1 Å². The summed E-state index contributed by atoms with van der Waals surface area (Å²) in [7, 11) is 0. The van der Waals surface area contributed by atoms with Gasteiger partial charge in [0.1, 0.15) is 0 Å². The lowest BCUT2D eigenvalue weighted by molar-refractivity contribution is -0.137. The summed E-state index contributed by atoms with van der Waals surface area (Å²) in [6.07, 6.45) is -4.46. The van der Waals surface area contributed by atoms with Crippen LogP contribution in [0, 0.1) is 0 Å². The fraction of sp³-hybridized carbons (Fsp3) is 0.300. The SMILES string of the molecule is CCOc1cc(C(=O)NCc2nnc(SCc3cccc(C(F)(F)F)c3)n2-c2ccc(Cl)c(Cl)c2)cc(OCC)c1OCC. The molecule has 1 N–H and O–H groups in total. The lowest BCUT2D eigenvalue weighted by Gasteiger charge is -2.17. The Kier molecular flexibility index (Phi) is 11.3. The number of halogens is 5. The van der Waals surface area contributed by atoms with Crippen molar-refractivity contribution in [3.8, 4) is 22.9 Å². The molecule has 0 aliphatic heterocycles. The van der Waals surface area contributed by atoms with E-state index in [2.05, 4.69) is 15.5 Å². The van der Waals surface area contributed by atoms with Gasteiger partial charge in [-0.1, -0.05) is 53.2 Å². The normalized spacial score (nSPS) is 11.4. The Morgan fingerprint density at radius 3 is 2.20 bits per heavy atom. The zero-order valence-corrected chi connectivity index (χ0v) is 26.3. The molecule has 1 amide bonds. The van der Waals surface area contributed by atoms with E-state index >= 15 is 0 Å². The third-order valence-electron chi connectivity index (χ3n) is 6.06. The maximum Gasteiger partial charge on any atom is 0.416 e. The van der Waals surface area contributed by atoms with Crippen LogP contribution in [0.5, 0.6) is 17.2 Å². The van der Waals surface area contributed by atoms with Gasteiger partial charge in [0.15, 0.2) is 22.5 Å². The fourth-order valence-electron chi connectivity index (χ4n) is 4.16. The van der Waals surface area contributed by atoms with Gasteiger partial charge in [-0.2, -0.15) is 13.2 Å². The van der Waals surface area contributed by atoms with Gasteiger partial charge in [-0.05, 0) is 62.7 Å². The van der Waals surface area contributed by atoms with Gasteiger partial charge >= 0.3 is 6.18 Å². The molecule has 0 radical (unpaired) electrons. The summed E-state index contributed by atoms with van der Waals surface area (Å²) in [4.78, 5) is 13.3. The van der Waals surface area contributed by atoms with Gasteiger partial charge in [-0.3, -0.25) is 9.36 Å². The Balaban J connectivity index is 1.62. The number of rotatable bonds is 13. The average molecular weight is 670 g/mol. The summed E-state index contributed by atoms with van der Waals surface area (Å²) in [6.45, 7) is 6.52. The summed E-state index contributed by atoms with van der Waals surface area (Å²) in [5.41, 5.74) is 0.548. The van der Waals surface area contributed by atoms with E-state index in [4.69, 9.17) is 37.4 Å². The average Bonchev–Trinajstić information content (AvgIpc) is 3.40. The molecule has 1 heterocycles. The first kappa shape index (κ1) is 33.3. The van der Waals surface area contributed by atoms with E-state index in [-0.39, 0.29) is 22.9 Å². The van der Waals surface area contributed by atoms with E-state index in [1.54, 1.807) is 41.0 Å². The number of benzene rings is 3. The first-order valence-corrected chi connectivity index (χ1v) is 15.3. The molecular formula is C30H29Cl2F3N4O4S. The number of thioether (sulfide) groups is 1. The molecule has 8 nitrogen and oxygen atoms in total. The molecule has 44 heavy (non-hydrogen) atoms. The predicted octanol–water partition coefficient (Wildman–Crippen LogP) is 8.01. The van der Waals surface area contributed by atoms with Crippen LogP contribution in [0.25, 0.3) is 5.69 Å². The number of amides is 1. The third kappa shape index (κ3) is 8.10. The fourth-order valence-corrected chi connectivity index (χ4v) is 5.36. The van der Waals surface area contributed by atoms with Gasteiger partial charge in [-0.25, -0.2) is 0 Å². The molecule has 14 heteroatoms. The maximum atomic E-state index is 13.3. The zero-order valence-electron chi connectivity index (χ0n) is 24.0. The predicted molar refractivity (Wildman–Crippen MR) is 164 cm³/mol. The number of nitrogens with one attached hydrogen (secondary N) is 1. The van der Waals surface area contributed by atoms with Gasteiger partial charge in [0.05, 0.1) is 47.7 Å². The van der Waals surface area contributed by atoms with Gasteiger partial charge in [-0.15, -0.1) is 10.2 Å². The molecule has 0 atom stereocenters. The van der Waals surface area contributed by atoms with Gasteiger partial charge < -0.3 is 19.5 Å². The van der Waals surface area contributed by atoms with Crippen LogP contribution < -0.4 is 19.5 Å². The summed E-state index contributed by atoms with van der Waals surface area (Å²) in [5.74, 6) is 1.26. The first-order chi connectivity index (χ1) is 21.0. The number of carbonyl (C=O) groups is 1. The van der Waals surface area contributed by atoms with Crippen molar-refractivity contribution in [2.45, 2.75) is 44.4 Å². The quantitative estimate of drug-likeness (QED) is 0.144. The van der Waals surface area contributed by atoms with Gasteiger partial charge in [0.25, 0.3) is 5.91 Å². The second-order valence-electron chi connectivity index (χ2n) is 9.10. The van der Waals surface area contributed by atoms with Crippen molar-refractivity contribution in [1.29, 1.82) is 0 Å². The highest BCUT2D eigenvalue weighted by molar-refractivity contribution is 7.98. The van der Waals surface area contributed by atoms with Crippen LogP contribution in [-0.4, -0.2) is 40.5 Å². The van der Waals surface area contributed by atoms with Gasteiger partial charge in [0, 0.05) is 11.3 Å². The van der Waals surface area contributed by atoms with Crippen LogP contribution in [0.15, 0.2) is 59.8 Å². The van der Waals surface area contributed by atoms with Crippen molar-refractivity contribution in [3.05, 3.63) is 87.2 Å². The Bertz CT molecular complexity index is 1590. The number of nitrogens with zero attached hydrogens (tertiary/aromatic N) is 3. The number of carbonyl (C=O) groups excluding carboxylic acids is 1. The second kappa shape index (κ2) is 14.9. The monoisotopic (exact) mass is 668 g/mol. The second-order valence-corrected chi connectivity index (χ2v) is 10.9. The molecule has 4 rings (SSSR count). The molecule has 0 unspecified atom stereocenters. The van der Waals surface area contributed by atoms with E-state index in [1.165, 1.54) is 17.8 Å². The van der Waals surface area contributed by atoms with Gasteiger partial charge in [0.2, 0.25) is 5.75 Å². The summed E-state index contributed by atoms with van der Waals surface area (Å²) in [6, 6.07) is 13.1. The smallest absolute Gasteiger partial charge is 0.416 e. The molecule has 0 saturated carbocycles. The minimum atomic E-state index is -4.46. The standard InChI is InChI=1S/C30H29Cl2F3N4O4S/c1-4-41-24-13-19(14-25(42-5-2)27(24)43-6-3)28(40)36-16-26-37-38-29(39(26)21-10-11-22(31)23(32)15-21)44-17-18-8-7-9-20(12-18)30(33,34)35/h7-15H,4-6,16-17H2,1-3H3,(H,36,40). The van der Waals surface area contributed by atoms with E-state index in [1.807, 2.05) is 20.8 Å². The zero-order chi connectivity index (χ0) is 31.9. The van der Waals surface area contributed by atoms with Crippen molar-refractivity contribution >= 4 is 40.9 Å². The Morgan fingerprint density at radius 1 is 0.909 bits per heavy atom.